The molecule has 1 saturated heterocycles. The van der Waals surface area contributed by atoms with Crippen LogP contribution in [0.4, 0.5) is 5.82 Å². The van der Waals surface area contributed by atoms with Crippen LogP contribution in [0.25, 0.3) is 0 Å². The number of aromatic nitrogens is 1. The van der Waals surface area contributed by atoms with E-state index < -0.39 is 0 Å². The Morgan fingerprint density at radius 1 is 1.11 bits per heavy atom. The minimum absolute atomic E-state index is 0.0688. The summed E-state index contributed by atoms with van der Waals surface area (Å²) in [6, 6.07) is 9.45. The molecule has 2 aliphatic rings. The van der Waals surface area contributed by atoms with Crippen molar-refractivity contribution in [1.29, 1.82) is 0 Å². The number of ether oxygens (including phenoxy) is 2. The van der Waals surface area contributed by atoms with E-state index in [-0.39, 0.29) is 12.7 Å². The predicted molar refractivity (Wildman–Crippen MR) is 102 cm³/mol. The number of hydrogen-bond acceptors (Lipinski definition) is 6. The van der Waals surface area contributed by atoms with Gasteiger partial charge in [-0.1, -0.05) is 13.0 Å². The third-order valence-electron chi connectivity index (χ3n) is 5.02. The van der Waals surface area contributed by atoms with Gasteiger partial charge in [-0.15, -0.1) is 0 Å². The Morgan fingerprint density at radius 3 is 2.74 bits per heavy atom. The number of nitrogens with one attached hydrogen (secondary N) is 1. The number of rotatable bonds is 5. The molecule has 27 heavy (non-hydrogen) atoms. The molecule has 1 aromatic heterocycles. The number of benzene rings is 1. The lowest BCUT2D eigenvalue weighted by molar-refractivity contribution is 0.0643. The number of likely N-dealkylation sites (N-methyl/N-ethyl adjacent to an activating group) is 1. The lowest BCUT2D eigenvalue weighted by Crippen LogP contribution is -2.48. The molecule has 0 radical (unpaired) electrons. The monoisotopic (exact) mass is 368 g/mol. The Bertz CT molecular complexity index is 819. The van der Waals surface area contributed by atoms with Gasteiger partial charge in [0.05, 0.1) is 0 Å². The van der Waals surface area contributed by atoms with Crippen molar-refractivity contribution in [3.8, 4) is 11.5 Å². The lowest BCUT2D eigenvalue weighted by atomic mass is 10.2. The van der Waals surface area contributed by atoms with Gasteiger partial charge in [0.15, 0.2) is 11.5 Å². The maximum Gasteiger partial charge on any atom is 0.254 e. The number of anilines is 1. The van der Waals surface area contributed by atoms with E-state index in [4.69, 9.17) is 9.47 Å². The fraction of sp³-hybridized carbons (Fsp3) is 0.400. The quantitative estimate of drug-likeness (QED) is 0.873. The maximum atomic E-state index is 12.8. The van der Waals surface area contributed by atoms with Crippen molar-refractivity contribution < 1.29 is 14.3 Å². The highest BCUT2D eigenvalue weighted by molar-refractivity contribution is 5.94. The van der Waals surface area contributed by atoms with Crippen molar-refractivity contribution in [3.05, 3.63) is 47.7 Å². The number of hydrogen-bond donors (Lipinski definition) is 1. The summed E-state index contributed by atoms with van der Waals surface area (Å²) < 4.78 is 10.7. The van der Waals surface area contributed by atoms with Crippen LogP contribution in [-0.4, -0.2) is 60.2 Å². The first kappa shape index (κ1) is 17.6. The molecule has 0 spiro atoms. The van der Waals surface area contributed by atoms with Crippen LogP contribution in [0.5, 0.6) is 11.5 Å². The molecule has 2 aromatic rings. The first-order valence-corrected chi connectivity index (χ1v) is 9.33. The van der Waals surface area contributed by atoms with Gasteiger partial charge < -0.3 is 24.6 Å². The summed E-state index contributed by atoms with van der Waals surface area (Å²) in [7, 11) is 0. The summed E-state index contributed by atoms with van der Waals surface area (Å²) in [5.74, 6) is 2.29. The molecule has 1 amide bonds. The number of carbonyl (C=O) groups is 1. The summed E-state index contributed by atoms with van der Waals surface area (Å²) in [5.41, 5.74) is 1.73. The zero-order valence-electron chi connectivity index (χ0n) is 15.5. The highest BCUT2D eigenvalue weighted by Gasteiger charge is 2.21. The van der Waals surface area contributed by atoms with Crippen molar-refractivity contribution in [2.75, 3.05) is 44.8 Å². The van der Waals surface area contributed by atoms with Crippen molar-refractivity contribution in [3.63, 3.8) is 0 Å². The number of pyridine rings is 1. The first-order chi connectivity index (χ1) is 13.2. The summed E-state index contributed by atoms with van der Waals surface area (Å²) in [6.07, 6.45) is 1.68. The standard InChI is InChI=1S/C20H24N4O3/c1-2-23-7-9-24(10-8-23)20(25)16-5-6-21-19(12-16)22-13-15-3-4-17-18(11-15)27-14-26-17/h3-6,11-12H,2,7-10,13-14H2,1H3,(H,21,22). The average molecular weight is 368 g/mol. The van der Waals surface area contributed by atoms with Crippen LogP contribution < -0.4 is 14.8 Å². The zero-order chi connectivity index (χ0) is 18.6. The number of carbonyl (C=O) groups excluding carboxylic acids is 1. The topological polar surface area (TPSA) is 66.9 Å². The molecule has 3 heterocycles. The zero-order valence-corrected chi connectivity index (χ0v) is 15.5. The Morgan fingerprint density at radius 2 is 1.93 bits per heavy atom. The van der Waals surface area contributed by atoms with E-state index in [1.807, 2.05) is 29.2 Å². The summed E-state index contributed by atoms with van der Waals surface area (Å²) in [5, 5.41) is 3.28. The SMILES string of the molecule is CCN1CCN(C(=O)c2ccnc(NCc3ccc4c(c3)OCO4)c2)CC1. The Labute approximate surface area is 158 Å². The molecule has 7 nitrogen and oxygen atoms in total. The molecule has 1 fully saturated rings. The van der Waals surface area contributed by atoms with E-state index in [1.54, 1.807) is 12.3 Å². The van der Waals surface area contributed by atoms with Crippen molar-refractivity contribution >= 4 is 11.7 Å². The Hall–Kier alpha value is -2.80. The van der Waals surface area contributed by atoms with Gasteiger partial charge >= 0.3 is 0 Å². The highest BCUT2D eigenvalue weighted by Crippen LogP contribution is 2.32. The number of fused-ring (bicyclic) bond motifs is 1. The predicted octanol–water partition coefficient (Wildman–Crippen LogP) is 2.20. The number of nitrogens with zero attached hydrogens (tertiary/aromatic N) is 3. The first-order valence-electron chi connectivity index (χ1n) is 9.33. The van der Waals surface area contributed by atoms with E-state index in [0.717, 1.165) is 49.8 Å². The molecule has 0 aliphatic carbocycles. The molecular formula is C20H24N4O3. The molecular weight excluding hydrogens is 344 g/mol. The molecule has 0 atom stereocenters. The number of amides is 1. The van der Waals surface area contributed by atoms with Gasteiger partial charge in [-0.05, 0) is 36.4 Å². The molecule has 0 bridgehead atoms. The van der Waals surface area contributed by atoms with Crippen LogP contribution in [0.3, 0.4) is 0 Å². The van der Waals surface area contributed by atoms with Crippen LogP contribution in [0.2, 0.25) is 0 Å². The maximum absolute atomic E-state index is 12.8. The van der Waals surface area contributed by atoms with Crippen molar-refractivity contribution in [1.82, 2.24) is 14.8 Å². The Balaban J connectivity index is 1.38. The fourth-order valence-corrected chi connectivity index (χ4v) is 3.35. The van der Waals surface area contributed by atoms with Gasteiger partial charge in [0, 0.05) is 44.5 Å². The van der Waals surface area contributed by atoms with E-state index in [0.29, 0.717) is 17.9 Å². The fourth-order valence-electron chi connectivity index (χ4n) is 3.35. The van der Waals surface area contributed by atoms with Crippen LogP contribution in [0.15, 0.2) is 36.5 Å². The van der Waals surface area contributed by atoms with Gasteiger partial charge in [0.25, 0.3) is 5.91 Å². The minimum atomic E-state index is 0.0688. The highest BCUT2D eigenvalue weighted by atomic mass is 16.7. The summed E-state index contributed by atoms with van der Waals surface area (Å²) in [4.78, 5) is 21.4. The summed E-state index contributed by atoms with van der Waals surface area (Å²) >= 11 is 0. The molecule has 142 valence electrons. The van der Waals surface area contributed by atoms with Gasteiger partial charge in [0.1, 0.15) is 5.82 Å². The van der Waals surface area contributed by atoms with E-state index >= 15 is 0 Å². The van der Waals surface area contributed by atoms with Gasteiger partial charge in [-0.25, -0.2) is 4.98 Å². The average Bonchev–Trinajstić information content (AvgIpc) is 3.20. The molecule has 0 saturated carbocycles. The third kappa shape index (κ3) is 3.98. The molecule has 0 unspecified atom stereocenters. The van der Waals surface area contributed by atoms with Crippen LogP contribution in [-0.2, 0) is 6.54 Å². The molecule has 7 heteroatoms. The van der Waals surface area contributed by atoms with Crippen molar-refractivity contribution in [2.24, 2.45) is 0 Å². The summed E-state index contributed by atoms with van der Waals surface area (Å²) in [6.45, 7) is 7.46. The molecule has 1 N–H and O–H groups in total. The molecule has 2 aliphatic heterocycles. The van der Waals surface area contributed by atoms with E-state index in [9.17, 15) is 4.79 Å². The smallest absolute Gasteiger partial charge is 0.254 e. The van der Waals surface area contributed by atoms with Crippen LogP contribution in [0.1, 0.15) is 22.8 Å². The van der Waals surface area contributed by atoms with Gasteiger partial charge in [-0.3, -0.25) is 4.79 Å². The van der Waals surface area contributed by atoms with Crippen LogP contribution in [0, 0.1) is 0 Å². The third-order valence-corrected chi connectivity index (χ3v) is 5.02. The number of piperazine rings is 1. The van der Waals surface area contributed by atoms with E-state index in [1.165, 1.54) is 0 Å². The van der Waals surface area contributed by atoms with E-state index in [2.05, 4.69) is 22.1 Å². The minimum Gasteiger partial charge on any atom is -0.454 e. The van der Waals surface area contributed by atoms with Gasteiger partial charge in [-0.2, -0.15) is 0 Å². The second-order valence-electron chi connectivity index (χ2n) is 6.70. The largest absolute Gasteiger partial charge is 0.454 e. The normalized spacial score (nSPS) is 16.4. The second kappa shape index (κ2) is 7.84. The molecule has 1 aromatic carbocycles. The Kier molecular flexibility index (Phi) is 5.11. The second-order valence-corrected chi connectivity index (χ2v) is 6.70. The van der Waals surface area contributed by atoms with Crippen molar-refractivity contribution in [2.45, 2.75) is 13.5 Å². The molecule has 4 rings (SSSR count). The van der Waals surface area contributed by atoms with Gasteiger partial charge in [0.2, 0.25) is 6.79 Å². The lowest BCUT2D eigenvalue weighted by Gasteiger charge is -2.34. The van der Waals surface area contributed by atoms with Crippen LogP contribution >= 0.6 is 0 Å².